The Balaban J connectivity index is -0.0000000150. The van der Waals surface area contributed by atoms with E-state index in [0.29, 0.717) is 0 Å². The number of nitrogens with one attached hydrogen (secondary N) is 1. The maximum Gasteiger partial charge on any atom is 0.183 e. The number of hydrogen-bond acceptors (Lipinski definition) is 1. The summed E-state index contributed by atoms with van der Waals surface area (Å²) in [5.41, 5.74) is 8.94. The Kier molecular flexibility index (Phi) is 57.3. The summed E-state index contributed by atoms with van der Waals surface area (Å²) >= 11 is 0. The molecule has 6 heteroatoms. The third-order valence-corrected chi connectivity index (χ3v) is 0. The Morgan fingerprint density at radius 3 is 1.00 bits per heavy atom. The number of nitrogens with two attached hydrogens (primary N) is 2. The molecule has 0 atom stereocenters. The van der Waals surface area contributed by atoms with Crippen LogP contribution >= 0.6 is 50.9 Å². The lowest BCUT2D eigenvalue weighted by Crippen LogP contribution is -2.20. The predicted molar refractivity (Wildman–Crippen MR) is 47.1 cm³/mol. The Hall–Kier alpha value is 0.710. The Bertz CT molecular complexity index is 33.2. The maximum atomic E-state index is 6.06. The van der Waals surface area contributed by atoms with E-state index >= 15 is 0 Å². The molecule has 5 N–H and O–H groups in total. The molecule has 3 nitrogen and oxygen atoms in total. The Morgan fingerprint density at radius 1 is 1.00 bits per heavy atom. The molecule has 0 saturated carbocycles. The van der Waals surface area contributed by atoms with Gasteiger partial charge in [-0.3, -0.25) is 5.41 Å². The van der Waals surface area contributed by atoms with E-state index in [1.165, 1.54) is 0 Å². The molecule has 0 aliphatic carbocycles. The molecule has 0 amide bonds. The van der Waals surface area contributed by atoms with Crippen molar-refractivity contribution in [2.45, 2.75) is 0 Å². The molecule has 7 heavy (non-hydrogen) atoms. The smallest absolute Gasteiger partial charge is 0.183 e. The third kappa shape index (κ3) is 295. The summed E-state index contributed by atoms with van der Waals surface area (Å²) in [6.07, 6.45) is 0. The molecule has 48 valence electrons. The van der Waals surface area contributed by atoms with Crippen molar-refractivity contribution >= 4 is 56.9 Å². The topological polar surface area (TPSA) is 75.9 Å². The van der Waals surface area contributed by atoms with Crippen LogP contribution in [-0.4, -0.2) is 5.96 Å². The summed E-state index contributed by atoms with van der Waals surface area (Å²) in [5, 5.41) is 6.06. The molecular formula is CH8Br3N3. The number of rotatable bonds is 0. The Morgan fingerprint density at radius 2 is 1.00 bits per heavy atom. The van der Waals surface area contributed by atoms with E-state index in [1.54, 1.807) is 0 Å². The highest BCUT2D eigenvalue weighted by Gasteiger charge is 1.52. The Labute approximate surface area is 73.6 Å². The first kappa shape index (κ1) is 25.2. The summed E-state index contributed by atoms with van der Waals surface area (Å²) in [6, 6.07) is 0. The number of hydrogen-bond donors (Lipinski definition) is 3. The lowest BCUT2D eigenvalue weighted by molar-refractivity contribution is 1.39. The highest BCUT2D eigenvalue weighted by Crippen LogP contribution is 1.13. The molecule has 0 aromatic rings. The highest BCUT2D eigenvalue weighted by molar-refractivity contribution is 8.93. The highest BCUT2D eigenvalue weighted by atomic mass is 79.9. The van der Waals surface area contributed by atoms with Gasteiger partial charge in [-0.15, -0.1) is 50.9 Å². The quantitative estimate of drug-likeness (QED) is 0.452. The first-order valence-corrected chi connectivity index (χ1v) is 0.827. The lowest BCUT2D eigenvalue weighted by atomic mass is 11.1. The average Bonchev–Trinajstić information content (AvgIpc) is 0.811. The van der Waals surface area contributed by atoms with Gasteiger partial charge < -0.3 is 11.5 Å². The zero-order chi connectivity index (χ0) is 3.58. The van der Waals surface area contributed by atoms with Crippen molar-refractivity contribution in [3.63, 3.8) is 0 Å². The van der Waals surface area contributed by atoms with Gasteiger partial charge in [0.15, 0.2) is 5.96 Å². The van der Waals surface area contributed by atoms with Gasteiger partial charge in [-0.25, -0.2) is 0 Å². The summed E-state index contributed by atoms with van der Waals surface area (Å²) in [7, 11) is 0. The van der Waals surface area contributed by atoms with E-state index in [9.17, 15) is 0 Å². The van der Waals surface area contributed by atoms with E-state index in [0.717, 1.165) is 0 Å². The normalized spacial score (nSPS) is 3.43. The molecule has 0 aliphatic rings. The van der Waals surface area contributed by atoms with E-state index in [4.69, 9.17) is 5.41 Å². The fraction of sp³-hybridized carbons (Fsp3) is 0. The summed E-state index contributed by atoms with van der Waals surface area (Å²) < 4.78 is 0. The largest absolute Gasteiger partial charge is 0.370 e. The standard InChI is InChI=1S/CH5N3.3BrH/c2-1(3)4;;;/h(H5,2,3,4);3*1H. The molecule has 0 unspecified atom stereocenters. The van der Waals surface area contributed by atoms with Gasteiger partial charge in [0.25, 0.3) is 0 Å². The minimum absolute atomic E-state index is 0. The van der Waals surface area contributed by atoms with Crippen molar-refractivity contribution < 1.29 is 0 Å². The molecule has 0 spiro atoms. The molecule has 0 heterocycles. The fourth-order valence-corrected chi connectivity index (χ4v) is 0. The number of guanidine groups is 1. The van der Waals surface area contributed by atoms with Crippen LogP contribution < -0.4 is 11.5 Å². The molecule has 0 fully saturated rings. The van der Waals surface area contributed by atoms with Crippen LogP contribution in [0.4, 0.5) is 0 Å². The second-order valence-corrected chi connectivity index (χ2v) is 0.455. The van der Waals surface area contributed by atoms with Gasteiger partial charge in [0, 0.05) is 0 Å². The monoisotopic (exact) mass is 299 g/mol. The van der Waals surface area contributed by atoms with Crippen LogP contribution in [0.1, 0.15) is 0 Å². The SMILES string of the molecule is Br.Br.Br.N=C(N)N. The molecule has 0 aliphatic heterocycles. The van der Waals surface area contributed by atoms with Gasteiger partial charge in [0.05, 0.1) is 0 Å². The fourth-order valence-electron chi connectivity index (χ4n) is 0. The summed E-state index contributed by atoms with van der Waals surface area (Å²) in [5.74, 6) is -0.333. The summed E-state index contributed by atoms with van der Waals surface area (Å²) in [6.45, 7) is 0. The van der Waals surface area contributed by atoms with Crippen molar-refractivity contribution in [2.24, 2.45) is 11.5 Å². The zero-order valence-electron chi connectivity index (χ0n) is 3.38. The van der Waals surface area contributed by atoms with Crippen molar-refractivity contribution in [1.29, 1.82) is 5.41 Å². The lowest BCUT2D eigenvalue weighted by Gasteiger charge is -1.69. The van der Waals surface area contributed by atoms with Crippen LogP contribution in [0.15, 0.2) is 0 Å². The van der Waals surface area contributed by atoms with Gasteiger partial charge in [0.2, 0.25) is 0 Å². The minimum Gasteiger partial charge on any atom is -0.370 e. The second-order valence-electron chi connectivity index (χ2n) is 0.455. The van der Waals surface area contributed by atoms with Crippen LogP contribution in [0.25, 0.3) is 0 Å². The van der Waals surface area contributed by atoms with Crippen molar-refractivity contribution in [2.75, 3.05) is 0 Å². The molecule has 0 saturated heterocycles. The van der Waals surface area contributed by atoms with Crippen molar-refractivity contribution in [1.82, 2.24) is 0 Å². The van der Waals surface area contributed by atoms with Gasteiger partial charge in [0.1, 0.15) is 0 Å². The van der Waals surface area contributed by atoms with Crippen LogP contribution in [0.3, 0.4) is 0 Å². The van der Waals surface area contributed by atoms with E-state index in [1.807, 2.05) is 0 Å². The van der Waals surface area contributed by atoms with Crippen LogP contribution in [-0.2, 0) is 0 Å². The van der Waals surface area contributed by atoms with Crippen molar-refractivity contribution in [3.05, 3.63) is 0 Å². The first-order valence-electron chi connectivity index (χ1n) is 0.827. The van der Waals surface area contributed by atoms with E-state index in [2.05, 4.69) is 11.5 Å². The molecule has 0 bridgehead atoms. The second kappa shape index (κ2) is 15.9. The van der Waals surface area contributed by atoms with E-state index in [-0.39, 0.29) is 56.9 Å². The molecular weight excluding hydrogens is 294 g/mol. The van der Waals surface area contributed by atoms with Gasteiger partial charge in [-0.05, 0) is 0 Å². The minimum atomic E-state index is -0.333. The molecule has 0 aromatic heterocycles. The number of halogens is 3. The first-order chi connectivity index (χ1) is 1.73. The predicted octanol–water partition coefficient (Wildman–Crippen LogP) is 0.572. The van der Waals surface area contributed by atoms with Gasteiger partial charge in [-0.2, -0.15) is 0 Å². The molecule has 0 rings (SSSR count). The van der Waals surface area contributed by atoms with Crippen LogP contribution in [0, 0.1) is 5.41 Å². The average molecular weight is 302 g/mol. The van der Waals surface area contributed by atoms with Gasteiger partial charge >= 0.3 is 0 Å². The molecule has 0 radical (unpaired) electrons. The van der Waals surface area contributed by atoms with Crippen LogP contribution in [0.2, 0.25) is 0 Å². The maximum absolute atomic E-state index is 6.06. The third-order valence-electron chi connectivity index (χ3n) is 0. The zero-order valence-corrected chi connectivity index (χ0v) is 8.52. The van der Waals surface area contributed by atoms with E-state index < -0.39 is 0 Å². The van der Waals surface area contributed by atoms with Crippen LogP contribution in [0.5, 0.6) is 0 Å². The summed E-state index contributed by atoms with van der Waals surface area (Å²) in [4.78, 5) is 0. The van der Waals surface area contributed by atoms with Crippen molar-refractivity contribution in [3.8, 4) is 0 Å². The molecule has 0 aromatic carbocycles. The van der Waals surface area contributed by atoms with Gasteiger partial charge in [-0.1, -0.05) is 0 Å².